The molecule has 4 nitrogen and oxygen atoms in total. The Morgan fingerprint density at radius 2 is 2.15 bits per heavy atom. The molecule has 0 bridgehead atoms. The molecule has 2 heterocycles. The molecule has 1 aromatic rings. The summed E-state index contributed by atoms with van der Waals surface area (Å²) in [4.78, 5) is 2.29. The quantitative estimate of drug-likeness (QED) is 0.840. The van der Waals surface area contributed by atoms with Crippen molar-refractivity contribution in [3.8, 4) is 17.6 Å². The van der Waals surface area contributed by atoms with Crippen LogP contribution in [0.5, 0.6) is 11.5 Å². The number of nitriles is 1. The normalized spacial score (nSPS) is 25.4. The molecule has 0 aromatic heterocycles. The molecule has 0 amide bonds. The number of piperidine rings is 1. The zero-order valence-corrected chi connectivity index (χ0v) is 12.2. The second-order valence-electron chi connectivity index (χ2n) is 5.78. The molecule has 3 rings (SSSR count). The summed E-state index contributed by atoms with van der Waals surface area (Å²) in [5.74, 6) is 1.46. The van der Waals surface area contributed by atoms with Gasteiger partial charge in [-0.25, -0.2) is 0 Å². The van der Waals surface area contributed by atoms with Crippen LogP contribution < -0.4 is 9.47 Å². The minimum absolute atomic E-state index is 0.249. The number of hydrogen-bond donors (Lipinski definition) is 0. The smallest absolute Gasteiger partial charge is 0.231 e. The van der Waals surface area contributed by atoms with Crippen LogP contribution in [0.25, 0.3) is 0 Å². The van der Waals surface area contributed by atoms with Gasteiger partial charge < -0.3 is 9.47 Å². The van der Waals surface area contributed by atoms with E-state index in [2.05, 4.69) is 11.0 Å². The van der Waals surface area contributed by atoms with Crippen LogP contribution in [0.4, 0.5) is 0 Å². The average Bonchev–Trinajstić information content (AvgIpc) is 2.86. The number of fused-ring (bicyclic) bond motifs is 1. The number of nitrogens with zero attached hydrogens (tertiary/aromatic N) is 2. The predicted octanol–water partition coefficient (Wildman–Crippen LogP) is 3.19. The van der Waals surface area contributed by atoms with E-state index in [9.17, 15) is 5.26 Å². The van der Waals surface area contributed by atoms with E-state index in [1.165, 1.54) is 0 Å². The first kappa shape index (κ1) is 13.5. The minimum Gasteiger partial charge on any atom is -0.454 e. The molecule has 0 saturated carbocycles. The highest BCUT2D eigenvalue weighted by molar-refractivity contribution is 6.31. The van der Waals surface area contributed by atoms with Crippen LogP contribution in [0.3, 0.4) is 0 Å². The molecular weight excluding hydrogens is 276 g/mol. The number of ether oxygens (including phenoxy) is 2. The monoisotopic (exact) mass is 292 g/mol. The maximum Gasteiger partial charge on any atom is 0.231 e. The van der Waals surface area contributed by atoms with Gasteiger partial charge in [0.25, 0.3) is 0 Å². The Hall–Kier alpha value is -1.44. The molecule has 0 radical (unpaired) electrons. The summed E-state index contributed by atoms with van der Waals surface area (Å²) in [5, 5.41) is 9.97. The van der Waals surface area contributed by atoms with E-state index in [1.54, 1.807) is 0 Å². The van der Waals surface area contributed by atoms with Crippen LogP contribution in [0, 0.1) is 16.7 Å². The van der Waals surface area contributed by atoms with Crippen molar-refractivity contribution in [2.24, 2.45) is 5.41 Å². The maximum atomic E-state index is 9.28. The third-order valence-electron chi connectivity index (χ3n) is 3.98. The standard InChI is InChI=1S/C15H17ClN2O2/c1-15(8-17)3-2-4-18(9-15)7-11-5-13-14(6-12(11)16)20-10-19-13/h5-6H,2-4,7,9-10H2,1H3. The van der Waals surface area contributed by atoms with Crippen molar-refractivity contribution in [1.82, 2.24) is 4.90 Å². The molecule has 1 saturated heterocycles. The molecule has 1 fully saturated rings. The van der Waals surface area contributed by atoms with Crippen LogP contribution >= 0.6 is 11.6 Å². The summed E-state index contributed by atoms with van der Waals surface area (Å²) >= 11 is 6.30. The van der Waals surface area contributed by atoms with Gasteiger partial charge >= 0.3 is 0 Å². The van der Waals surface area contributed by atoms with Gasteiger partial charge in [-0.05, 0) is 37.9 Å². The van der Waals surface area contributed by atoms with Gasteiger partial charge in [0.1, 0.15) is 0 Å². The second-order valence-corrected chi connectivity index (χ2v) is 6.19. The lowest BCUT2D eigenvalue weighted by atomic mass is 9.83. The van der Waals surface area contributed by atoms with Crippen LogP contribution in [-0.4, -0.2) is 24.8 Å². The van der Waals surface area contributed by atoms with Gasteiger partial charge in [0, 0.05) is 24.2 Å². The van der Waals surface area contributed by atoms with Gasteiger partial charge in [-0.3, -0.25) is 4.90 Å². The Balaban J connectivity index is 1.77. The number of halogens is 1. The Bertz CT molecular complexity index is 570. The molecule has 20 heavy (non-hydrogen) atoms. The number of benzene rings is 1. The average molecular weight is 293 g/mol. The fourth-order valence-electron chi connectivity index (χ4n) is 2.89. The zero-order valence-electron chi connectivity index (χ0n) is 11.5. The predicted molar refractivity (Wildman–Crippen MR) is 75.8 cm³/mol. The molecular formula is C15H17ClN2O2. The van der Waals surface area contributed by atoms with Gasteiger partial charge in [0.2, 0.25) is 6.79 Å². The molecule has 0 N–H and O–H groups in total. The Labute approximate surface area is 123 Å². The summed E-state index contributed by atoms with van der Waals surface area (Å²) < 4.78 is 10.7. The molecule has 0 aliphatic carbocycles. The Morgan fingerprint density at radius 1 is 1.40 bits per heavy atom. The highest BCUT2D eigenvalue weighted by Crippen LogP contribution is 2.38. The Kier molecular flexibility index (Phi) is 3.49. The first-order valence-electron chi connectivity index (χ1n) is 6.81. The van der Waals surface area contributed by atoms with Crippen LogP contribution in [0.15, 0.2) is 12.1 Å². The van der Waals surface area contributed by atoms with E-state index >= 15 is 0 Å². The SMILES string of the molecule is CC1(C#N)CCCN(Cc2cc3c(cc2Cl)OCO3)C1. The van der Waals surface area contributed by atoms with Crippen LogP contribution in [0.1, 0.15) is 25.3 Å². The Morgan fingerprint density at radius 3 is 2.90 bits per heavy atom. The van der Waals surface area contributed by atoms with Gasteiger partial charge in [-0.1, -0.05) is 11.6 Å². The highest BCUT2D eigenvalue weighted by Gasteiger charge is 2.31. The van der Waals surface area contributed by atoms with E-state index in [0.29, 0.717) is 10.8 Å². The molecule has 1 aromatic carbocycles. The lowest BCUT2D eigenvalue weighted by Gasteiger charge is -2.36. The maximum absolute atomic E-state index is 9.28. The van der Waals surface area contributed by atoms with E-state index < -0.39 is 0 Å². The van der Waals surface area contributed by atoms with Gasteiger partial charge in [-0.2, -0.15) is 5.26 Å². The summed E-state index contributed by atoms with van der Waals surface area (Å²) in [7, 11) is 0. The van der Waals surface area contributed by atoms with Gasteiger partial charge in [0.15, 0.2) is 11.5 Å². The third kappa shape index (κ3) is 2.56. The molecule has 1 atom stereocenters. The number of likely N-dealkylation sites (tertiary alicyclic amines) is 1. The molecule has 2 aliphatic rings. The molecule has 1 unspecified atom stereocenters. The van der Waals surface area contributed by atoms with E-state index in [4.69, 9.17) is 21.1 Å². The first-order chi connectivity index (χ1) is 9.59. The van der Waals surface area contributed by atoms with E-state index in [0.717, 1.165) is 43.8 Å². The van der Waals surface area contributed by atoms with Crippen molar-refractivity contribution in [2.75, 3.05) is 19.9 Å². The van der Waals surface area contributed by atoms with Crippen molar-refractivity contribution in [2.45, 2.75) is 26.3 Å². The number of hydrogen-bond acceptors (Lipinski definition) is 4. The summed E-state index contributed by atoms with van der Waals surface area (Å²) in [6.45, 7) is 4.81. The van der Waals surface area contributed by atoms with Crippen molar-refractivity contribution in [3.05, 3.63) is 22.7 Å². The van der Waals surface area contributed by atoms with Crippen molar-refractivity contribution in [3.63, 3.8) is 0 Å². The van der Waals surface area contributed by atoms with Crippen molar-refractivity contribution >= 4 is 11.6 Å². The molecule has 106 valence electrons. The lowest BCUT2D eigenvalue weighted by Crippen LogP contribution is -2.40. The molecule has 5 heteroatoms. The van der Waals surface area contributed by atoms with E-state index in [-0.39, 0.29) is 12.2 Å². The fraction of sp³-hybridized carbons (Fsp3) is 0.533. The minimum atomic E-state index is -0.249. The molecule has 2 aliphatic heterocycles. The summed E-state index contributed by atoms with van der Waals surface area (Å²) in [6, 6.07) is 6.19. The first-order valence-corrected chi connectivity index (χ1v) is 7.19. The zero-order chi connectivity index (χ0) is 14.2. The molecule has 0 spiro atoms. The van der Waals surface area contributed by atoms with Crippen molar-refractivity contribution < 1.29 is 9.47 Å². The lowest BCUT2D eigenvalue weighted by molar-refractivity contribution is 0.136. The van der Waals surface area contributed by atoms with Crippen LogP contribution in [-0.2, 0) is 6.54 Å². The van der Waals surface area contributed by atoms with Gasteiger partial charge in [-0.15, -0.1) is 0 Å². The van der Waals surface area contributed by atoms with Crippen molar-refractivity contribution in [1.29, 1.82) is 5.26 Å². The topological polar surface area (TPSA) is 45.5 Å². The summed E-state index contributed by atoms with van der Waals surface area (Å²) in [5.41, 5.74) is 0.777. The number of rotatable bonds is 2. The fourth-order valence-corrected chi connectivity index (χ4v) is 3.11. The van der Waals surface area contributed by atoms with E-state index in [1.807, 2.05) is 19.1 Å². The summed E-state index contributed by atoms with van der Waals surface area (Å²) in [6.07, 6.45) is 2.01. The third-order valence-corrected chi connectivity index (χ3v) is 4.33. The van der Waals surface area contributed by atoms with Gasteiger partial charge in [0.05, 0.1) is 11.5 Å². The highest BCUT2D eigenvalue weighted by atomic mass is 35.5. The second kappa shape index (κ2) is 5.16. The van der Waals surface area contributed by atoms with Crippen LogP contribution in [0.2, 0.25) is 5.02 Å². The largest absolute Gasteiger partial charge is 0.454 e.